The minimum absolute atomic E-state index is 0.0642. The Kier molecular flexibility index (Phi) is 4.66. The smallest absolute Gasteiger partial charge is 0.120 e. The molecule has 106 valence electrons. The average molecular weight is 264 g/mol. The van der Waals surface area contributed by atoms with Crippen LogP contribution in [0.3, 0.4) is 0 Å². The maximum absolute atomic E-state index is 6.02. The van der Waals surface area contributed by atoms with Gasteiger partial charge in [0.15, 0.2) is 0 Å². The van der Waals surface area contributed by atoms with Crippen LogP contribution in [0, 0.1) is 0 Å². The first-order chi connectivity index (χ1) is 9.21. The largest absolute Gasteiger partial charge is 0.497 e. The Morgan fingerprint density at radius 1 is 1.53 bits per heavy atom. The van der Waals surface area contributed by atoms with Crippen molar-refractivity contribution in [2.24, 2.45) is 5.73 Å². The van der Waals surface area contributed by atoms with E-state index in [1.54, 1.807) is 7.11 Å². The molecular weight excluding hydrogens is 240 g/mol. The highest BCUT2D eigenvalue weighted by atomic mass is 16.5. The normalized spacial score (nSPS) is 27.0. The summed E-state index contributed by atoms with van der Waals surface area (Å²) in [5, 5.41) is 3.60. The monoisotopic (exact) mass is 264 g/mol. The van der Waals surface area contributed by atoms with Crippen LogP contribution >= 0.6 is 0 Å². The fraction of sp³-hybridized carbons (Fsp3) is 0.600. The van der Waals surface area contributed by atoms with Crippen LogP contribution in [0.1, 0.15) is 26.2 Å². The van der Waals surface area contributed by atoms with Crippen molar-refractivity contribution in [1.29, 1.82) is 0 Å². The van der Waals surface area contributed by atoms with Crippen LogP contribution in [0.4, 0.5) is 5.69 Å². The average Bonchev–Trinajstić information content (AvgIpc) is 2.47. The number of nitrogens with one attached hydrogen (secondary N) is 1. The van der Waals surface area contributed by atoms with Crippen molar-refractivity contribution in [3.8, 4) is 5.75 Å². The molecule has 3 N–H and O–H groups in total. The van der Waals surface area contributed by atoms with Gasteiger partial charge >= 0.3 is 0 Å². The molecule has 0 bridgehead atoms. The number of benzene rings is 1. The highest BCUT2D eigenvalue weighted by Crippen LogP contribution is 2.30. The Bertz CT molecular complexity index is 411. The van der Waals surface area contributed by atoms with Crippen LogP contribution in [0.2, 0.25) is 0 Å². The van der Waals surface area contributed by atoms with E-state index in [9.17, 15) is 0 Å². The van der Waals surface area contributed by atoms with Gasteiger partial charge in [-0.15, -0.1) is 0 Å². The summed E-state index contributed by atoms with van der Waals surface area (Å²) in [6.07, 6.45) is 3.23. The molecular formula is C15H24N2O2. The van der Waals surface area contributed by atoms with Gasteiger partial charge in [0.25, 0.3) is 0 Å². The molecule has 4 nitrogen and oxygen atoms in total. The van der Waals surface area contributed by atoms with Gasteiger partial charge in [-0.25, -0.2) is 0 Å². The number of hydrogen-bond donors (Lipinski definition) is 2. The fourth-order valence-electron chi connectivity index (χ4n) is 2.64. The second kappa shape index (κ2) is 6.26. The molecule has 1 fully saturated rings. The molecule has 0 amide bonds. The zero-order chi connectivity index (χ0) is 13.7. The molecule has 0 radical (unpaired) electrons. The third-order valence-electron chi connectivity index (χ3n) is 3.88. The lowest BCUT2D eigenvalue weighted by Gasteiger charge is -2.41. The first-order valence-corrected chi connectivity index (χ1v) is 6.95. The van der Waals surface area contributed by atoms with Crippen molar-refractivity contribution in [3.63, 3.8) is 0 Å². The third-order valence-corrected chi connectivity index (χ3v) is 3.88. The maximum Gasteiger partial charge on any atom is 0.120 e. The van der Waals surface area contributed by atoms with Crippen LogP contribution in [-0.2, 0) is 4.74 Å². The molecule has 1 aliphatic heterocycles. The molecule has 4 heteroatoms. The second-order valence-electron chi connectivity index (χ2n) is 5.20. The van der Waals surface area contributed by atoms with E-state index in [2.05, 4.69) is 18.3 Å². The Morgan fingerprint density at radius 3 is 3.05 bits per heavy atom. The zero-order valence-electron chi connectivity index (χ0n) is 11.8. The van der Waals surface area contributed by atoms with E-state index in [0.717, 1.165) is 37.3 Å². The summed E-state index contributed by atoms with van der Waals surface area (Å²) in [5.41, 5.74) is 7.02. The van der Waals surface area contributed by atoms with E-state index in [4.69, 9.17) is 15.2 Å². The summed E-state index contributed by atoms with van der Waals surface area (Å²) >= 11 is 0. The number of nitrogens with two attached hydrogens (primary N) is 1. The van der Waals surface area contributed by atoms with Gasteiger partial charge in [-0.05, 0) is 31.4 Å². The highest BCUT2D eigenvalue weighted by molar-refractivity contribution is 5.50. The molecule has 0 aliphatic carbocycles. The van der Waals surface area contributed by atoms with Crippen LogP contribution in [0.15, 0.2) is 24.3 Å². The van der Waals surface area contributed by atoms with E-state index < -0.39 is 0 Å². The standard InChI is InChI=1S/C15H24N2O2/c1-3-13-10-15(11-16,7-8-19-13)17-12-5-4-6-14(9-12)18-2/h4-6,9,13,17H,3,7-8,10-11,16H2,1-2H3. The molecule has 0 saturated carbocycles. The molecule has 1 aliphatic rings. The fourth-order valence-corrected chi connectivity index (χ4v) is 2.64. The minimum atomic E-state index is -0.0642. The summed E-state index contributed by atoms with van der Waals surface area (Å²) in [5.74, 6) is 0.858. The quantitative estimate of drug-likeness (QED) is 0.857. The Hall–Kier alpha value is -1.26. The number of anilines is 1. The van der Waals surface area contributed by atoms with Crippen molar-refractivity contribution in [2.45, 2.75) is 37.8 Å². The lowest BCUT2D eigenvalue weighted by molar-refractivity contribution is -0.0125. The van der Waals surface area contributed by atoms with E-state index in [1.807, 2.05) is 18.2 Å². The summed E-state index contributed by atoms with van der Waals surface area (Å²) < 4.78 is 11.0. The van der Waals surface area contributed by atoms with Crippen molar-refractivity contribution in [1.82, 2.24) is 0 Å². The van der Waals surface area contributed by atoms with Gasteiger partial charge in [0.2, 0.25) is 0 Å². The van der Waals surface area contributed by atoms with Crippen LogP contribution < -0.4 is 15.8 Å². The molecule has 2 rings (SSSR count). The van der Waals surface area contributed by atoms with E-state index in [-0.39, 0.29) is 5.54 Å². The molecule has 1 heterocycles. The molecule has 1 saturated heterocycles. The summed E-state index contributed by atoms with van der Waals surface area (Å²) in [7, 11) is 1.68. The first kappa shape index (κ1) is 14.2. The van der Waals surface area contributed by atoms with Gasteiger partial charge in [-0.2, -0.15) is 0 Å². The number of rotatable bonds is 5. The predicted octanol–water partition coefficient (Wildman–Crippen LogP) is 2.39. The third kappa shape index (κ3) is 3.39. The lowest BCUT2D eigenvalue weighted by atomic mass is 9.85. The van der Waals surface area contributed by atoms with Gasteiger partial charge in [-0.3, -0.25) is 0 Å². The highest BCUT2D eigenvalue weighted by Gasteiger charge is 2.35. The summed E-state index contributed by atoms with van der Waals surface area (Å²) in [6, 6.07) is 7.99. The molecule has 19 heavy (non-hydrogen) atoms. The lowest BCUT2D eigenvalue weighted by Crippen LogP contribution is -2.52. The van der Waals surface area contributed by atoms with Crippen molar-refractivity contribution in [2.75, 3.05) is 25.6 Å². The van der Waals surface area contributed by atoms with Crippen LogP contribution in [0.5, 0.6) is 5.75 Å². The second-order valence-corrected chi connectivity index (χ2v) is 5.20. The zero-order valence-corrected chi connectivity index (χ0v) is 11.8. The first-order valence-electron chi connectivity index (χ1n) is 6.95. The predicted molar refractivity (Wildman–Crippen MR) is 77.7 cm³/mol. The van der Waals surface area contributed by atoms with E-state index in [0.29, 0.717) is 12.6 Å². The minimum Gasteiger partial charge on any atom is -0.497 e. The molecule has 2 unspecified atom stereocenters. The summed E-state index contributed by atoms with van der Waals surface area (Å²) in [6.45, 7) is 3.54. The van der Waals surface area contributed by atoms with Gasteiger partial charge in [0, 0.05) is 24.9 Å². The van der Waals surface area contributed by atoms with E-state index in [1.165, 1.54) is 0 Å². The van der Waals surface area contributed by atoms with Gasteiger partial charge in [0.05, 0.1) is 18.8 Å². The SMILES string of the molecule is CCC1CC(CN)(Nc2cccc(OC)c2)CCO1. The van der Waals surface area contributed by atoms with Crippen molar-refractivity contribution < 1.29 is 9.47 Å². The van der Waals surface area contributed by atoms with Gasteiger partial charge in [0.1, 0.15) is 5.75 Å². The van der Waals surface area contributed by atoms with Gasteiger partial charge < -0.3 is 20.5 Å². The van der Waals surface area contributed by atoms with Crippen molar-refractivity contribution in [3.05, 3.63) is 24.3 Å². The number of ether oxygens (including phenoxy) is 2. The Morgan fingerprint density at radius 2 is 2.37 bits per heavy atom. The van der Waals surface area contributed by atoms with E-state index >= 15 is 0 Å². The summed E-state index contributed by atoms with van der Waals surface area (Å²) in [4.78, 5) is 0. The topological polar surface area (TPSA) is 56.5 Å². The van der Waals surface area contributed by atoms with Gasteiger partial charge in [-0.1, -0.05) is 13.0 Å². The van der Waals surface area contributed by atoms with Crippen molar-refractivity contribution >= 4 is 5.69 Å². The van der Waals surface area contributed by atoms with Crippen LogP contribution in [0.25, 0.3) is 0 Å². The number of hydrogen-bond acceptors (Lipinski definition) is 4. The Balaban J connectivity index is 2.12. The molecule has 0 spiro atoms. The molecule has 2 atom stereocenters. The molecule has 1 aromatic carbocycles. The maximum atomic E-state index is 6.02. The number of methoxy groups -OCH3 is 1. The molecule has 1 aromatic rings. The Labute approximate surface area is 115 Å². The molecule has 0 aromatic heterocycles. The van der Waals surface area contributed by atoms with Crippen LogP contribution in [-0.4, -0.2) is 31.9 Å².